The average molecular weight is 991 g/mol. The van der Waals surface area contributed by atoms with Crippen LogP contribution in [0.4, 0.5) is 0 Å². The number of hydrogen-bond acceptors (Lipinski definition) is 7. The van der Waals surface area contributed by atoms with Crippen LogP contribution in [0.2, 0.25) is 0 Å². The fourth-order valence-corrected chi connectivity index (χ4v) is 7.05. The monoisotopic (exact) mass is 991 g/mol. The first-order chi connectivity index (χ1) is 34.0. The van der Waals surface area contributed by atoms with E-state index in [0.717, 1.165) is 128 Å². The van der Waals surface area contributed by atoms with Crippen molar-refractivity contribution in [2.45, 2.75) is 174 Å². The van der Waals surface area contributed by atoms with Crippen LogP contribution in [-0.4, -0.2) is 74.9 Å². The number of phosphoric acid groups is 1. The Morgan fingerprint density at radius 3 is 1.17 bits per heavy atom. The number of allylic oxidation sites excluding steroid dienone is 24. The van der Waals surface area contributed by atoms with E-state index in [1.165, 1.54) is 0 Å². The van der Waals surface area contributed by atoms with E-state index in [4.69, 9.17) is 18.5 Å². The van der Waals surface area contributed by atoms with Gasteiger partial charge in [0, 0.05) is 12.8 Å². The normalized spacial score (nSPS) is 14.5. The highest BCUT2D eigenvalue weighted by Gasteiger charge is 2.27. The molecule has 2 atom stereocenters. The van der Waals surface area contributed by atoms with Crippen LogP contribution in [0.3, 0.4) is 0 Å². The highest BCUT2D eigenvalue weighted by molar-refractivity contribution is 7.47. The first-order valence-corrected chi connectivity index (χ1v) is 28.1. The van der Waals surface area contributed by atoms with Crippen molar-refractivity contribution >= 4 is 19.8 Å². The quantitative estimate of drug-likeness (QED) is 0.0211. The maximum Gasteiger partial charge on any atom is 0.472 e. The largest absolute Gasteiger partial charge is 0.472 e. The Bertz CT molecular complexity index is 1690. The molecule has 0 bridgehead atoms. The van der Waals surface area contributed by atoms with Crippen molar-refractivity contribution in [2.75, 3.05) is 47.5 Å². The summed E-state index contributed by atoms with van der Waals surface area (Å²) in [6.07, 6.45) is 73.3. The fraction of sp³-hybridized carbons (Fsp3) is 0.567. The molecule has 0 rings (SSSR count). The highest BCUT2D eigenvalue weighted by atomic mass is 31.2. The molecule has 9 nitrogen and oxygen atoms in total. The standard InChI is InChI=1S/C60H96NO8P/c1-6-8-10-12-14-16-18-20-22-24-26-28-29-30-31-33-35-37-39-41-43-45-47-49-51-53-60(63)69-58(57-68-70(64,65)67-55-54-61(3,4)5)56-66-59(62)52-50-48-46-44-42-40-38-36-34-32-27-25-23-21-19-17-15-13-11-9-7-2/h8-11,14-17,20-23,26-28,30-32,35-38,42,44,58H,6-7,12-13,18-19,24-25,29,33-34,39-41,43,45-57H2,1-5H3/p+1/b10-8-,11-9-,16-14-,17-15-,22-20-,23-21-,28-26-,31-30-,32-27-,37-35-,38-36-,44-42-. The van der Waals surface area contributed by atoms with Gasteiger partial charge in [-0.1, -0.05) is 185 Å². The van der Waals surface area contributed by atoms with Crippen LogP contribution < -0.4 is 0 Å². The number of phosphoric ester groups is 1. The molecular weight excluding hydrogens is 894 g/mol. The second kappa shape index (κ2) is 49.9. The minimum Gasteiger partial charge on any atom is -0.462 e. The maximum absolute atomic E-state index is 12.8. The number of esters is 2. The Balaban J connectivity index is 4.39. The summed E-state index contributed by atoms with van der Waals surface area (Å²) in [7, 11) is 1.41. The van der Waals surface area contributed by atoms with Gasteiger partial charge in [0.15, 0.2) is 6.10 Å². The Kier molecular flexibility index (Phi) is 46.9. The Morgan fingerprint density at radius 1 is 0.443 bits per heavy atom. The Labute approximate surface area is 427 Å². The number of unbranched alkanes of at least 4 members (excludes halogenated alkanes) is 8. The minimum absolute atomic E-state index is 0.0117. The summed E-state index contributed by atoms with van der Waals surface area (Å²) in [4.78, 5) is 35.6. The van der Waals surface area contributed by atoms with Gasteiger partial charge in [-0.2, -0.15) is 0 Å². The Morgan fingerprint density at radius 2 is 0.771 bits per heavy atom. The summed E-state index contributed by atoms with van der Waals surface area (Å²) in [5.74, 6) is -0.881. The van der Waals surface area contributed by atoms with Crippen LogP contribution in [0.1, 0.15) is 168 Å². The third kappa shape index (κ3) is 53.2. The lowest BCUT2D eigenvalue weighted by Gasteiger charge is -2.24. The number of nitrogens with zero attached hydrogens (tertiary/aromatic N) is 1. The molecule has 1 N–H and O–H groups in total. The van der Waals surface area contributed by atoms with E-state index in [-0.39, 0.29) is 26.1 Å². The van der Waals surface area contributed by atoms with Crippen LogP contribution in [0, 0.1) is 0 Å². The van der Waals surface area contributed by atoms with Gasteiger partial charge in [-0.05, 0) is 116 Å². The van der Waals surface area contributed by atoms with Gasteiger partial charge in [-0.15, -0.1) is 0 Å². The van der Waals surface area contributed by atoms with E-state index < -0.39 is 32.5 Å². The van der Waals surface area contributed by atoms with E-state index in [9.17, 15) is 19.0 Å². The van der Waals surface area contributed by atoms with Gasteiger partial charge in [-0.25, -0.2) is 4.57 Å². The lowest BCUT2D eigenvalue weighted by molar-refractivity contribution is -0.870. The molecule has 0 saturated heterocycles. The van der Waals surface area contributed by atoms with Crippen molar-refractivity contribution in [2.24, 2.45) is 0 Å². The van der Waals surface area contributed by atoms with Gasteiger partial charge >= 0.3 is 19.8 Å². The molecule has 0 radical (unpaired) electrons. The van der Waals surface area contributed by atoms with Crippen LogP contribution in [0.5, 0.6) is 0 Å². The highest BCUT2D eigenvalue weighted by Crippen LogP contribution is 2.43. The van der Waals surface area contributed by atoms with Crippen molar-refractivity contribution in [1.82, 2.24) is 0 Å². The predicted molar refractivity (Wildman–Crippen MR) is 297 cm³/mol. The molecular formula is C60H97NO8P+. The molecule has 0 aliphatic rings. The summed E-state index contributed by atoms with van der Waals surface area (Å²) in [5, 5.41) is 0. The predicted octanol–water partition coefficient (Wildman–Crippen LogP) is 16.4. The van der Waals surface area contributed by atoms with Crippen LogP contribution in [0.25, 0.3) is 0 Å². The second-order valence-corrected chi connectivity index (χ2v) is 19.6. The number of likely N-dealkylation sites (N-methyl/N-ethyl adjacent to an activating group) is 1. The molecule has 0 aromatic carbocycles. The summed E-state index contributed by atoms with van der Waals surface area (Å²) < 4.78 is 34.4. The molecule has 70 heavy (non-hydrogen) atoms. The molecule has 0 aliphatic carbocycles. The summed E-state index contributed by atoms with van der Waals surface area (Å²) in [6, 6.07) is 0. The molecule has 0 aromatic rings. The van der Waals surface area contributed by atoms with E-state index in [0.29, 0.717) is 23.9 Å². The number of carbonyl (C=O) groups is 2. The SMILES string of the molecule is CC/C=C\C/C=C\C/C=C\C/C=C\C/C=C\C/C=C\CCCCCCCCC(=O)OC(COC(=O)CCCC/C=C\C/C=C\C/C=C\C/C=C\C/C=C\C/C=C\CC)COP(=O)(O)OCC[N+](C)(C)C. The number of ether oxygens (including phenoxy) is 2. The fourth-order valence-electron chi connectivity index (χ4n) is 6.31. The first-order valence-electron chi connectivity index (χ1n) is 26.6. The van der Waals surface area contributed by atoms with Crippen molar-refractivity contribution < 1.29 is 42.1 Å². The topological polar surface area (TPSA) is 108 Å². The van der Waals surface area contributed by atoms with E-state index >= 15 is 0 Å². The number of hydrogen-bond donors (Lipinski definition) is 1. The lowest BCUT2D eigenvalue weighted by Crippen LogP contribution is -2.37. The van der Waals surface area contributed by atoms with Crippen LogP contribution in [-0.2, 0) is 32.7 Å². The van der Waals surface area contributed by atoms with Crippen molar-refractivity contribution in [1.29, 1.82) is 0 Å². The minimum atomic E-state index is -4.41. The zero-order valence-corrected chi connectivity index (χ0v) is 45.3. The van der Waals surface area contributed by atoms with Crippen LogP contribution >= 0.6 is 7.82 Å². The average Bonchev–Trinajstić information content (AvgIpc) is 3.32. The summed E-state index contributed by atoms with van der Waals surface area (Å²) >= 11 is 0. The molecule has 0 fully saturated rings. The molecule has 0 aliphatic heterocycles. The molecule has 394 valence electrons. The molecule has 0 saturated carbocycles. The number of quaternary nitrogens is 1. The lowest BCUT2D eigenvalue weighted by atomic mass is 10.1. The molecule has 0 heterocycles. The zero-order chi connectivity index (χ0) is 51.3. The molecule has 0 amide bonds. The van der Waals surface area contributed by atoms with Gasteiger partial charge < -0.3 is 18.9 Å². The van der Waals surface area contributed by atoms with E-state index in [2.05, 4.69) is 160 Å². The van der Waals surface area contributed by atoms with Gasteiger partial charge in [0.2, 0.25) is 0 Å². The van der Waals surface area contributed by atoms with Gasteiger partial charge in [0.05, 0.1) is 27.7 Å². The van der Waals surface area contributed by atoms with E-state index in [1.807, 2.05) is 21.1 Å². The molecule has 10 heteroatoms. The van der Waals surface area contributed by atoms with Gasteiger partial charge in [0.25, 0.3) is 0 Å². The van der Waals surface area contributed by atoms with Crippen molar-refractivity contribution in [3.63, 3.8) is 0 Å². The first kappa shape index (κ1) is 65.9. The third-order valence-electron chi connectivity index (χ3n) is 10.4. The molecule has 0 aromatic heterocycles. The van der Waals surface area contributed by atoms with E-state index in [1.54, 1.807) is 0 Å². The van der Waals surface area contributed by atoms with Gasteiger partial charge in [0.1, 0.15) is 19.8 Å². The molecule has 2 unspecified atom stereocenters. The maximum atomic E-state index is 12.8. The summed E-state index contributed by atoms with van der Waals surface area (Å²) in [6.45, 7) is 4.10. The summed E-state index contributed by atoms with van der Waals surface area (Å²) in [5.41, 5.74) is 0. The van der Waals surface area contributed by atoms with Crippen molar-refractivity contribution in [3.8, 4) is 0 Å². The number of rotatable bonds is 46. The Hall–Kier alpha value is -4.11. The second-order valence-electron chi connectivity index (χ2n) is 18.1. The van der Waals surface area contributed by atoms with Gasteiger partial charge in [-0.3, -0.25) is 18.6 Å². The van der Waals surface area contributed by atoms with Crippen LogP contribution in [0.15, 0.2) is 146 Å². The number of carbonyl (C=O) groups excluding carboxylic acids is 2. The smallest absolute Gasteiger partial charge is 0.462 e. The third-order valence-corrected chi connectivity index (χ3v) is 11.3. The zero-order valence-electron chi connectivity index (χ0n) is 44.4. The van der Waals surface area contributed by atoms with Crippen molar-refractivity contribution in [3.05, 3.63) is 146 Å². The molecule has 0 spiro atoms.